The number of Topliss-reactive ketones (excluding diaryl/α,β-unsaturated/α-hetero) is 3. The van der Waals surface area contributed by atoms with Gasteiger partial charge in [-0.3, -0.25) is 14.4 Å². The van der Waals surface area contributed by atoms with E-state index in [4.69, 9.17) is 0 Å². The highest BCUT2D eigenvalue weighted by atomic mass is 16.1. The van der Waals surface area contributed by atoms with Gasteiger partial charge in [0.25, 0.3) is 0 Å². The number of hydrogen-bond acceptors (Lipinski definition) is 3. The molecular weight excluding hydrogens is 432 g/mol. The molecule has 1 aromatic rings. The van der Waals surface area contributed by atoms with E-state index in [0.29, 0.717) is 12.3 Å². The highest BCUT2D eigenvalue weighted by molar-refractivity contribution is 6.00. The van der Waals surface area contributed by atoms with Gasteiger partial charge in [0.05, 0.1) is 6.42 Å². The Morgan fingerprint density at radius 2 is 1.66 bits per heavy atom. The lowest BCUT2D eigenvalue weighted by atomic mass is 9.72. The van der Waals surface area contributed by atoms with Crippen LogP contribution in [0.4, 0.5) is 0 Å². The van der Waals surface area contributed by atoms with Gasteiger partial charge < -0.3 is 0 Å². The van der Waals surface area contributed by atoms with Gasteiger partial charge in [-0.2, -0.15) is 0 Å². The topological polar surface area (TPSA) is 51.2 Å². The molecule has 3 heteroatoms. The molecule has 0 N–H and O–H groups in total. The first-order valence-corrected chi connectivity index (χ1v) is 14.4. The zero-order valence-corrected chi connectivity index (χ0v) is 23.8. The molecular formula is C32H52O3. The zero-order valence-electron chi connectivity index (χ0n) is 23.8. The van der Waals surface area contributed by atoms with Crippen molar-refractivity contribution < 1.29 is 14.4 Å². The van der Waals surface area contributed by atoms with Crippen LogP contribution < -0.4 is 0 Å². The largest absolute Gasteiger partial charge is 0.300 e. The molecule has 3 rings (SSSR count). The van der Waals surface area contributed by atoms with Crippen molar-refractivity contribution in [2.24, 2.45) is 23.7 Å². The molecule has 1 fully saturated rings. The minimum atomic E-state index is -0.0622. The van der Waals surface area contributed by atoms with Gasteiger partial charge >= 0.3 is 0 Å². The van der Waals surface area contributed by atoms with Crippen molar-refractivity contribution >= 4 is 17.3 Å². The molecule has 1 saturated carbocycles. The van der Waals surface area contributed by atoms with Crippen molar-refractivity contribution in [2.45, 2.75) is 126 Å². The predicted octanol–water partition coefficient (Wildman–Crippen LogP) is 8.73. The lowest BCUT2D eigenvalue weighted by molar-refractivity contribution is -0.129. The van der Waals surface area contributed by atoms with Crippen molar-refractivity contribution in [3.8, 4) is 0 Å². The third-order valence-corrected chi connectivity index (χ3v) is 7.81. The predicted molar refractivity (Wildman–Crippen MR) is 148 cm³/mol. The summed E-state index contributed by atoms with van der Waals surface area (Å²) in [5.41, 5.74) is 3.14. The Bertz CT molecular complexity index is 788. The van der Waals surface area contributed by atoms with Gasteiger partial charge in [0.15, 0.2) is 5.78 Å². The zero-order chi connectivity index (χ0) is 26.4. The fourth-order valence-corrected chi connectivity index (χ4v) is 6.11. The van der Waals surface area contributed by atoms with Gasteiger partial charge in [0, 0.05) is 17.9 Å². The Kier molecular flexibility index (Phi) is 15.0. The van der Waals surface area contributed by atoms with Gasteiger partial charge in [-0.25, -0.2) is 0 Å². The summed E-state index contributed by atoms with van der Waals surface area (Å²) in [6.45, 7) is 14.0. The molecule has 0 amide bonds. The van der Waals surface area contributed by atoms with E-state index >= 15 is 0 Å². The summed E-state index contributed by atoms with van der Waals surface area (Å²) in [4.78, 5) is 36.6. The molecule has 0 radical (unpaired) electrons. The number of aryl methyl sites for hydroxylation is 1. The van der Waals surface area contributed by atoms with E-state index < -0.39 is 0 Å². The first-order valence-electron chi connectivity index (χ1n) is 14.4. The molecule has 0 bridgehead atoms. The van der Waals surface area contributed by atoms with E-state index in [2.05, 4.69) is 19.9 Å². The van der Waals surface area contributed by atoms with Gasteiger partial charge in [-0.15, -0.1) is 0 Å². The minimum Gasteiger partial charge on any atom is -0.300 e. The van der Waals surface area contributed by atoms with Crippen LogP contribution in [0.3, 0.4) is 0 Å². The van der Waals surface area contributed by atoms with Crippen molar-refractivity contribution in [1.82, 2.24) is 0 Å². The van der Waals surface area contributed by atoms with Crippen LogP contribution in [-0.4, -0.2) is 17.3 Å². The fourth-order valence-electron chi connectivity index (χ4n) is 6.11. The normalized spacial score (nSPS) is 18.9. The first-order chi connectivity index (χ1) is 16.8. The molecule has 0 aliphatic heterocycles. The summed E-state index contributed by atoms with van der Waals surface area (Å²) >= 11 is 0. The summed E-state index contributed by atoms with van der Waals surface area (Å²) < 4.78 is 0. The minimum absolute atomic E-state index is 0.0460. The van der Waals surface area contributed by atoms with E-state index in [9.17, 15) is 14.4 Å². The molecule has 35 heavy (non-hydrogen) atoms. The second-order valence-electron chi connectivity index (χ2n) is 10.5. The molecule has 0 aromatic heterocycles. The average Bonchev–Trinajstić information content (AvgIpc) is 3.35. The van der Waals surface area contributed by atoms with Crippen LogP contribution in [0.15, 0.2) is 18.2 Å². The van der Waals surface area contributed by atoms with E-state index in [1.165, 1.54) is 39.0 Å². The van der Waals surface area contributed by atoms with Crippen LogP contribution in [0.25, 0.3) is 0 Å². The number of ketones is 3. The maximum atomic E-state index is 12.7. The molecule has 0 saturated heterocycles. The van der Waals surface area contributed by atoms with Gasteiger partial charge in [0.2, 0.25) is 0 Å². The van der Waals surface area contributed by atoms with Crippen LogP contribution in [-0.2, 0) is 16.0 Å². The number of benzene rings is 1. The number of carbonyl (C=O) groups excluding carboxylic acids is 3. The summed E-state index contributed by atoms with van der Waals surface area (Å²) in [6, 6.07) is 6.10. The summed E-state index contributed by atoms with van der Waals surface area (Å²) in [5, 5.41) is 0. The fraction of sp³-hybridized carbons (Fsp3) is 0.719. The molecule has 0 heterocycles. The monoisotopic (exact) mass is 484 g/mol. The quantitative estimate of drug-likeness (QED) is 0.312. The van der Waals surface area contributed by atoms with Gasteiger partial charge in [-0.1, -0.05) is 97.8 Å². The third-order valence-electron chi connectivity index (χ3n) is 7.81. The number of fused-ring (bicyclic) bond motifs is 1. The van der Waals surface area contributed by atoms with E-state index in [-0.39, 0.29) is 35.6 Å². The molecule has 1 aromatic carbocycles. The molecule has 3 atom stereocenters. The van der Waals surface area contributed by atoms with Crippen LogP contribution >= 0.6 is 0 Å². The Morgan fingerprint density at radius 1 is 1.00 bits per heavy atom. The van der Waals surface area contributed by atoms with Crippen LogP contribution in [0.5, 0.6) is 0 Å². The van der Waals surface area contributed by atoms with Crippen molar-refractivity contribution in [2.75, 3.05) is 0 Å². The highest BCUT2D eigenvalue weighted by Crippen LogP contribution is 2.36. The van der Waals surface area contributed by atoms with E-state index in [0.717, 1.165) is 54.7 Å². The van der Waals surface area contributed by atoms with Gasteiger partial charge in [0.1, 0.15) is 11.6 Å². The van der Waals surface area contributed by atoms with Crippen LogP contribution in [0, 0.1) is 30.6 Å². The van der Waals surface area contributed by atoms with Gasteiger partial charge in [-0.05, 0) is 62.0 Å². The summed E-state index contributed by atoms with van der Waals surface area (Å²) in [5.74, 6) is 1.87. The number of hydrogen-bond donors (Lipinski definition) is 0. The molecule has 2 aliphatic rings. The Balaban J connectivity index is 0.000000574. The van der Waals surface area contributed by atoms with Crippen molar-refractivity contribution in [3.05, 3.63) is 34.9 Å². The average molecular weight is 485 g/mol. The molecule has 3 unspecified atom stereocenters. The van der Waals surface area contributed by atoms with Crippen LogP contribution in [0.2, 0.25) is 0 Å². The SMILES string of the molecule is CC.CCC1CCCC1.CCCC(CC1CC(=O)c2c(C)cccc2C1)C(CC)C(=O)CC(C)=O. The Hall–Kier alpha value is -1.77. The van der Waals surface area contributed by atoms with E-state index in [1.54, 1.807) is 0 Å². The second-order valence-corrected chi connectivity index (χ2v) is 10.5. The standard InChI is InChI=1S/C23H32O3.C7H14.C2H6/c1-5-8-18(20(6-2)21(25)11-16(4)24)12-17-13-19-10-7-9-15(3)23(19)22(26)14-17;1-2-7-5-3-4-6-7;1-2/h7,9-10,17-18,20H,5-6,8,11-14H2,1-4H3;7H,2-6H2,1H3;1-2H3. The molecule has 0 spiro atoms. The lowest BCUT2D eigenvalue weighted by Crippen LogP contribution is -2.29. The van der Waals surface area contributed by atoms with Crippen molar-refractivity contribution in [3.63, 3.8) is 0 Å². The Morgan fingerprint density at radius 3 is 2.17 bits per heavy atom. The molecule has 3 nitrogen and oxygen atoms in total. The summed E-state index contributed by atoms with van der Waals surface area (Å²) in [6.07, 6.45) is 12.6. The van der Waals surface area contributed by atoms with Crippen molar-refractivity contribution in [1.29, 1.82) is 0 Å². The lowest BCUT2D eigenvalue weighted by Gasteiger charge is -2.31. The number of carbonyl (C=O) groups is 3. The van der Waals surface area contributed by atoms with E-state index in [1.807, 2.05) is 39.8 Å². The first kappa shape index (κ1) is 31.3. The Labute approximate surface area is 215 Å². The molecule has 198 valence electrons. The second kappa shape index (κ2) is 16.8. The van der Waals surface area contributed by atoms with Crippen LogP contribution in [0.1, 0.15) is 134 Å². The maximum absolute atomic E-state index is 12.7. The number of rotatable bonds is 10. The summed E-state index contributed by atoms with van der Waals surface area (Å²) in [7, 11) is 0. The molecule has 2 aliphatic carbocycles. The smallest absolute Gasteiger partial charge is 0.163 e. The third kappa shape index (κ3) is 10.0. The highest BCUT2D eigenvalue weighted by Gasteiger charge is 2.32. The maximum Gasteiger partial charge on any atom is 0.163 e.